The van der Waals surface area contributed by atoms with Gasteiger partial charge in [0.05, 0.1) is 37.4 Å². The van der Waals surface area contributed by atoms with Crippen LogP contribution in [0.2, 0.25) is 15.1 Å². The van der Waals surface area contributed by atoms with E-state index in [0.717, 1.165) is 12.1 Å². The molecule has 25 heavy (non-hydrogen) atoms. The Morgan fingerprint density at radius 2 is 1.84 bits per heavy atom. The molecule has 0 amide bonds. The molecule has 0 atom stereocenters. The van der Waals surface area contributed by atoms with E-state index in [0.29, 0.717) is 34.4 Å². The van der Waals surface area contributed by atoms with Crippen molar-refractivity contribution in [2.24, 2.45) is 0 Å². The molecule has 2 heterocycles. The van der Waals surface area contributed by atoms with E-state index < -0.39 is 5.82 Å². The Morgan fingerprint density at radius 1 is 1.20 bits per heavy atom. The van der Waals surface area contributed by atoms with Crippen LogP contribution in [0.4, 0.5) is 4.39 Å². The van der Waals surface area contributed by atoms with Crippen molar-refractivity contribution in [2.45, 2.75) is 13.3 Å². The van der Waals surface area contributed by atoms with E-state index in [1.54, 1.807) is 17.6 Å². The zero-order chi connectivity index (χ0) is 18.3. The molecule has 0 radical (unpaired) electrons. The summed E-state index contributed by atoms with van der Waals surface area (Å²) < 4.78 is 15.2. The Hall–Kier alpha value is -1.88. The minimum Gasteiger partial charge on any atom is -0.309 e. The maximum atomic E-state index is 13.6. The zero-order valence-electron chi connectivity index (χ0n) is 13.1. The lowest BCUT2D eigenvalue weighted by Crippen LogP contribution is -2.14. The summed E-state index contributed by atoms with van der Waals surface area (Å²) in [6.07, 6.45) is 3.51. The number of hydrogen-bond donors (Lipinski definition) is 0. The van der Waals surface area contributed by atoms with Crippen LogP contribution < -0.4 is 5.43 Å². The first-order chi connectivity index (χ1) is 11.8. The summed E-state index contributed by atoms with van der Waals surface area (Å²) in [4.78, 5) is 16.8. The summed E-state index contributed by atoms with van der Waals surface area (Å²) in [7, 11) is 0. The fraction of sp³-hybridized carbons (Fsp3) is 0.111. The van der Waals surface area contributed by atoms with Gasteiger partial charge in [0, 0.05) is 24.4 Å². The first-order valence-corrected chi connectivity index (χ1v) is 8.44. The third kappa shape index (κ3) is 3.06. The van der Waals surface area contributed by atoms with Crippen molar-refractivity contribution < 1.29 is 4.39 Å². The number of nitrogens with zero attached hydrogens (tertiary/aromatic N) is 2. The zero-order valence-corrected chi connectivity index (χ0v) is 15.4. The summed E-state index contributed by atoms with van der Waals surface area (Å²) in [5.41, 5.74) is 1.66. The second kappa shape index (κ2) is 6.79. The largest absolute Gasteiger partial charge is 0.309 e. The Labute approximate surface area is 158 Å². The molecular formula is C18H12Cl3FN2O. The lowest BCUT2D eigenvalue weighted by molar-refractivity contribution is 0.627. The fourth-order valence-electron chi connectivity index (χ4n) is 2.82. The Bertz CT molecular complexity index is 1050. The molecule has 0 unspecified atom stereocenters. The summed E-state index contributed by atoms with van der Waals surface area (Å²) in [6, 6.07) is 3.76. The van der Waals surface area contributed by atoms with Crippen molar-refractivity contribution in [3.63, 3.8) is 0 Å². The number of hydrogen-bond acceptors (Lipinski definition) is 2. The van der Waals surface area contributed by atoms with Gasteiger partial charge in [-0.25, -0.2) is 4.39 Å². The quantitative estimate of drug-likeness (QED) is 0.545. The molecule has 0 aliphatic heterocycles. The van der Waals surface area contributed by atoms with Gasteiger partial charge >= 0.3 is 0 Å². The van der Waals surface area contributed by atoms with E-state index >= 15 is 0 Å². The molecule has 0 spiro atoms. The van der Waals surface area contributed by atoms with Crippen LogP contribution in [-0.2, 0) is 6.42 Å². The minimum absolute atomic E-state index is 0.108. The van der Waals surface area contributed by atoms with E-state index in [1.807, 2.05) is 0 Å². The van der Waals surface area contributed by atoms with Crippen LogP contribution in [0.1, 0.15) is 11.4 Å². The highest BCUT2D eigenvalue weighted by molar-refractivity contribution is 6.38. The topological polar surface area (TPSA) is 34.9 Å². The van der Waals surface area contributed by atoms with E-state index in [4.69, 9.17) is 34.8 Å². The van der Waals surface area contributed by atoms with Crippen molar-refractivity contribution in [2.75, 3.05) is 0 Å². The SMILES string of the molecule is C=CCc1ncc(Cl)c2c1c(=O)cc(C)n2-c1c(Cl)cc(F)cc1Cl. The van der Waals surface area contributed by atoms with Crippen LogP contribution in [0.3, 0.4) is 0 Å². The number of fused-ring (bicyclic) bond motifs is 1. The van der Waals surface area contributed by atoms with Crippen LogP contribution in [-0.4, -0.2) is 9.55 Å². The molecule has 0 N–H and O–H groups in total. The average molecular weight is 398 g/mol. The van der Waals surface area contributed by atoms with Crippen molar-refractivity contribution in [1.82, 2.24) is 9.55 Å². The van der Waals surface area contributed by atoms with Gasteiger partial charge in [0.1, 0.15) is 5.82 Å². The molecule has 1 aromatic carbocycles. The molecular weight excluding hydrogens is 386 g/mol. The van der Waals surface area contributed by atoms with Gasteiger partial charge in [0.15, 0.2) is 5.43 Å². The molecule has 0 aliphatic carbocycles. The smallest absolute Gasteiger partial charge is 0.191 e. The molecule has 0 aliphatic rings. The predicted molar refractivity (Wildman–Crippen MR) is 101 cm³/mol. The second-order valence-corrected chi connectivity index (χ2v) is 6.69. The predicted octanol–water partition coefficient (Wildman–Crippen LogP) is 5.52. The van der Waals surface area contributed by atoms with E-state index in [2.05, 4.69) is 11.6 Å². The molecule has 2 aromatic heterocycles. The summed E-state index contributed by atoms with van der Waals surface area (Å²) >= 11 is 18.8. The minimum atomic E-state index is -0.554. The van der Waals surface area contributed by atoms with E-state index in [9.17, 15) is 9.18 Å². The molecule has 0 bridgehead atoms. The highest BCUT2D eigenvalue weighted by atomic mass is 35.5. The standard InChI is InChI=1S/C18H12Cl3FN2O/c1-3-4-14-16-15(25)5-9(2)24(18(16)13(21)8-23-14)17-11(19)6-10(22)7-12(17)20/h3,5-8H,1,4H2,2H3. The highest BCUT2D eigenvalue weighted by Gasteiger charge is 2.19. The number of aromatic nitrogens is 2. The van der Waals surface area contributed by atoms with Crippen LogP contribution in [0.5, 0.6) is 0 Å². The second-order valence-electron chi connectivity index (χ2n) is 5.47. The number of halogens is 4. The van der Waals surface area contributed by atoms with E-state index in [1.165, 1.54) is 12.3 Å². The monoisotopic (exact) mass is 396 g/mol. The maximum Gasteiger partial charge on any atom is 0.191 e. The first-order valence-electron chi connectivity index (χ1n) is 7.30. The molecule has 7 heteroatoms. The maximum absolute atomic E-state index is 13.6. The Balaban J connectivity index is 2.55. The van der Waals surface area contributed by atoms with Crippen molar-refractivity contribution in [3.05, 3.63) is 79.5 Å². The summed E-state index contributed by atoms with van der Waals surface area (Å²) in [5.74, 6) is -0.554. The van der Waals surface area contributed by atoms with Crippen LogP contribution in [0.25, 0.3) is 16.6 Å². The van der Waals surface area contributed by atoms with Gasteiger partial charge in [0.2, 0.25) is 0 Å². The molecule has 3 nitrogen and oxygen atoms in total. The summed E-state index contributed by atoms with van der Waals surface area (Å²) in [6.45, 7) is 5.41. The molecule has 0 fully saturated rings. The van der Waals surface area contributed by atoms with E-state index in [-0.39, 0.29) is 20.5 Å². The Kier molecular flexibility index (Phi) is 4.87. The fourth-order valence-corrected chi connectivity index (χ4v) is 3.68. The number of allylic oxidation sites excluding steroid dienone is 1. The molecule has 0 saturated carbocycles. The van der Waals surface area contributed by atoms with Gasteiger partial charge in [0.25, 0.3) is 0 Å². The van der Waals surface area contributed by atoms with Crippen LogP contribution in [0, 0.1) is 12.7 Å². The van der Waals surface area contributed by atoms with Crippen molar-refractivity contribution in [1.29, 1.82) is 0 Å². The number of aryl methyl sites for hydroxylation is 1. The summed E-state index contributed by atoms with van der Waals surface area (Å²) in [5, 5.41) is 0.835. The molecule has 128 valence electrons. The number of benzene rings is 1. The van der Waals surface area contributed by atoms with Crippen molar-refractivity contribution in [3.8, 4) is 5.69 Å². The van der Waals surface area contributed by atoms with Gasteiger partial charge in [-0.1, -0.05) is 40.9 Å². The average Bonchev–Trinajstić information content (AvgIpc) is 2.51. The molecule has 0 saturated heterocycles. The third-order valence-electron chi connectivity index (χ3n) is 3.79. The lowest BCUT2D eigenvalue weighted by Gasteiger charge is -2.19. The third-order valence-corrected chi connectivity index (χ3v) is 4.64. The van der Waals surface area contributed by atoms with Gasteiger partial charge in [-0.2, -0.15) is 0 Å². The first kappa shape index (κ1) is 17.9. The van der Waals surface area contributed by atoms with Crippen molar-refractivity contribution >= 4 is 45.7 Å². The highest BCUT2D eigenvalue weighted by Crippen LogP contribution is 2.35. The lowest BCUT2D eigenvalue weighted by atomic mass is 10.1. The van der Waals surface area contributed by atoms with Gasteiger partial charge in [-0.05, 0) is 19.1 Å². The number of rotatable bonds is 3. The van der Waals surface area contributed by atoms with Gasteiger partial charge in [-0.15, -0.1) is 6.58 Å². The van der Waals surface area contributed by atoms with Crippen LogP contribution >= 0.6 is 34.8 Å². The normalized spacial score (nSPS) is 11.1. The van der Waals surface area contributed by atoms with Crippen LogP contribution in [0.15, 0.2) is 41.8 Å². The molecule has 3 aromatic rings. The van der Waals surface area contributed by atoms with Gasteiger partial charge < -0.3 is 4.57 Å². The number of pyridine rings is 2. The molecule has 3 rings (SSSR count). The van der Waals surface area contributed by atoms with Gasteiger partial charge in [-0.3, -0.25) is 9.78 Å². The Morgan fingerprint density at radius 3 is 2.44 bits per heavy atom.